The summed E-state index contributed by atoms with van der Waals surface area (Å²) in [6.07, 6.45) is 1.63. The second kappa shape index (κ2) is 6.88. The molecule has 1 saturated carbocycles. The smallest absolute Gasteiger partial charge is 0.168 e. The lowest BCUT2D eigenvalue weighted by Crippen LogP contribution is -2.77. The average Bonchev–Trinajstić information content (AvgIpc) is 3.06. The molecule has 4 atom stereocenters. The van der Waals surface area contributed by atoms with Crippen LogP contribution in [-0.4, -0.2) is 15.9 Å². The molecule has 8 heteroatoms. The zero-order valence-electron chi connectivity index (χ0n) is 15.4. The molecule has 0 bridgehead atoms. The second-order valence-corrected chi connectivity index (χ2v) is 8.67. The van der Waals surface area contributed by atoms with Crippen molar-refractivity contribution in [2.75, 3.05) is 0 Å². The lowest BCUT2D eigenvalue weighted by Gasteiger charge is -2.54. The van der Waals surface area contributed by atoms with Gasteiger partial charge in [-0.2, -0.15) is 0 Å². The molecule has 2 aromatic carbocycles. The van der Waals surface area contributed by atoms with Gasteiger partial charge in [-0.3, -0.25) is 0 Å². The minimum absolute atomic E-state index is 0.0228. The molecule has 150 valence electrons. The highest BCUT2D eigenvalue weighted by molar-refractivity contribution is 7.80. The van der Waals surface area contributed by atoms with Gasteiger partial charge in [0.15, 0.2) is 10.2 Å². The van der Waals surface area contributed by atoms with E-state index in [2.05, 4.69) is 21.3 Å². The lowest BCUT2D eigenvalue weighted by atomic mass is 9.75. The third kappa shape index (κ3) is 2.88. The number of hydrogen-bond donors (Lipinski definition) is 4. The molecule has 3 aliphatic rings. The van der Waals surface area contributed by atoms with Crippen LogP contribution in [0.1, 0.15) is 36.1 Å². The molecule has 0 aromatic heterocycles. The van der Waals surface area contributed by atoms with Gasteiger partial charge in [0.1, 0.15) is 17.3 Å². The van der Waals surface area contributed by atoms with E-state index >= 15 is 0 Å². The topological polar surface area (TPSA) is 48.1 Å². The molecule has 3 fully saturated rings. The van der Waals surface area contributed by atoms with Gasteiger partial charge in [-0.15, -0.1) is 0 Å². The van der Waals surface area contributed by atoms with Crippen molar-refractivity contribution < 1.29 is 8.78 Å². The molecule has 2 heterocycles. The zero-order valence-corrected chi connectivity index (χ0v) is 17.0. The van der Waals surface area contributed by atoms with Gasteiger partial charge in [-0.05, 0) is 49.4 Å². The summed E-state index contributed by atoms with van der Waals surface area (Å²) in [5.74, 6) is -0.582. The van der Waals surface area contributed by atoms with Crippen molar-refractivity contribution in [2.45, 2.75) is 30.6 Å². The maximum Gasteiger partial charge on any atom is 0.168 e. The van der Waals surface area contributed by atoms with Crippen molar-refractivity contribution >= 4 is 34.7 Å². The van der Waals surface area contributed by atoms with E-state index in [1.165, 1.54) is 12.1 Å². The standard InChI is InChI=1S/C21H20F2N4S2/c22-15-7-3-1-5-11(15)17-13-9-10-14-18(12-6-2-4-8-16(12)23)25-20(29)27-21(13,14)26-19(28)24-17/h1-8,13-14,17-18H,9-10H2,(H2,24,26,28)(H2,25,27,29). The summed E-state index contributed by atoms with van der Waals surface area (Å²) in [5, 5.41) is 14.2. The minimum Gasteiger partial charge on any atom is -0.355 e. The molecule has 1 aliphatic carbocycles. The molecule has 2 aliphatic heterocycles. The number of hydrogen-bond acceptors (Lipinski definition) is 2. The SMILES string of the molecule is Fc1ccccc1C1NC(=S)NC23NC(=S)NC(c4ccccc4F)C2CCC13. The molecule has 2 aromatic rings. The van der Waals surface area contributed by atoms with Crippen LogP contribution < -0.4 is 21.3 Å². The summed E-state index contributed by atoms with van der Waals surface area (Å²) in [4.78, 5) is 0. The molecule has 4 N–H and O–H groups in total. The van der Waals surface area contributed by atoms with Gasteiger partial charge in [0.2, 0.25) is 0 Å². The van der Waals surface area contributed by atoms with Gasteiger partial charge in [-0.25, -0.2) is 8.78 Å². The first kappa shape index (κ1) is 18.7. The number of thiocarbonyl (C=S) groups is 2. The Hall–Kier alpha value is -2.32. The summed E-state index contributed by atoms with van der Waals surface area (Å²) in [7, 11) is 0. The Morgan fingerprint density at radius 1 is 0.724 bits per heavy atom. The normalized spacial score (nSPS) is 32.9. The van der Waals surface area contributed by atoms with Crippen LogP contribution in [0.15, 0.2) is 48.5 Å². The van der Waals surface area contributed by atoms with E-state index < -0.39 is 5.66 Å². The molecule has 29 heavy (non-hydrogen) atoms. The summed E-state index contributed by atoms with van der Waals surface area (Å²) in [6, 6.07) is 12.9. The maximum absolute atomic E-state index is 14.6. The second-order valence-electron chi connectivity index (χ2n) is 7.85. The number of rotatable bonds is 2. The fourth-order valence-electron chi connectivity index (χ4n) is 5.33. The van der Waals surface area contributed by atoms with Crippen LogP contribution in [0.25, 0.3) is 0 Å². The van der Waals surface area contributed by atoms with E-state index in [-0.39, 0.29) is 35.6 Å². The summed E-state index contributed by atoms with van der Waals surface area (Å²) in [6.45, 7) is 0. The average molecular weight is 431 g/mol. The first-order chi connectivity index (χ1) is 14.0. The molecule has 0 amide bonds. The van der Waals surface area contributed by atoms with E-state index in [4.69, 9.17) is 24.4 Å². The van der Waals surface area contributed by atoms with E-state index in [1.807, 2.05) is 12.1 Å². The highest BCUT2D eigenvalue weighted by Gasteiger charge is 2.61. The highest BCUT2D eigenvalue weighted by atomic mass is 32.1. The highest BCUT2D eigenvalue weighted by Crippen LogP contribution is 2.53. The molecule has 4 nitrogen and oxygen atoms in total. The molecule has 1 spiro atoms. The van der Waals surface area contributed by atoms with Gasteiger partial charge in [0.05, 0.1) is 12.1 Å². The van der Waals surface area contributed by atoms with E-state index in [0.29, 0.717) is 21.4 Å². The van der Waals surface area contributed by atoms with E-state index in [0.717, 1.165) is 12.8 Å². The van der Waals surface area contributed by atoms with Crippen LogP contribution in [0.4, 0.5) is 8.78 Å². The minimum atomic E-state index is -0.676. The summed E-state index contributed by atoms with van der Waals surface area (Å²) in [5.41, 5.74) is 0.482. The Balaban J connectivity index is 1.60. The van der Waals surface area contributed by atoms with Crippen molar-refractivity contribution in [1.29, 1.82) is 0 Å². The molecular formula is C21H20F2N4S2. The summed E-state index contributed by atoms with van der Waals surface area (Å²) >= 11 is 11.0. The van der Waals surface area contributed by atoms with Gasteiger partial charge >= 0.3 is 0 Å². The molecule has 5 rings (SSSR count). The first-order valence-electron chi connectivity index (χ1n) is 9.66. The van der Waals surface area contributed by atoms with Gasteiger partial charge in [-0.1, -0.05) is 36.4 Å². The third-order valence-corrected chi connectivity index (χ3v) is 6.90. The van der Waals surface area contributed by atoms with Crippen LogP contribution >= 0.6 is 24.4 Å². The van der Waals surface area contributed by atoms with Crippen LogP contribution in [0, 0.1) is 23.5 Å². The quantitative estimate of drug-likeness (QED) is 0.548. The van der Waals surface area contributed by atoms with Crippen molar-refractivity contribution in [3.63, 3.8) is 0 Å². The Morgan fingerprint density at radius 2 is 1.14 bits per heavy atom. The van der Waals surface area contributed by atoms with Crippen LogP contribution in [-0.2, 0) is 0 Å². The number of benzene rings is 2. The van der Waals surface area contributed by atoms with E-state index in [1.54, 1.807) is 24.3 Å². The predicted molar refractivity (Wildman–Crippen MR) is 115 cm³/mol. The van der Waals surface area contributed by atoms with Crippen LogP contribution in [0.3, 0.4) is 0 Å². The Kier molecular flexibility index (Phi) is 4.43. The zero-order chi connectivity index (χ0) is 20.2. The maximum atomic E-state index is 14.6. The Morgan fingerprint density at radius 3 is 1.55 bits per heavy atom. The Labute approximate surface area is 178 Å². The number of nitrogens with one attached hydrogen (secondary N) is 4. The van der Waals surface area contributed by atoms with Gasteiger partial charge in [0, 0.05) is 23.0 Å². The van der Waals surface area contributed by atoms with Crippen molar-refractivity contribution in [3.05, 3.63) is 71.3 Å². The largest absolute Gasteiger partial charge is 0.355 e. The molecule has 4 unspecified atom stereocenters. The van der Waals surface area contributed by atoms with Gasteiger partial charge < -0.3 is 21.3 Å². The monoisotopic (exact) mass is 430 g/mol. The summed E-state index contributed by atoms with van der Waals surface area (Å²) < 4.78 is 29.3. The Bertz CT molecular complexity index is 919. The number of halogens is 2. The first-order valence-corrected chi connectivity index (χ1v) is 10.5. The third-order valence-electron chi connectivity index (χ3n) is 6.46. The fraction of sp³-hybridized carbons (Fsp3) is 0.333. The van der Waals surface area contributed by atoms with E-state index in [9.17, 15) is 8.78 Å². The van der Waals surface area contributed by atoms with Crippen molar-refractivity contribution in [3.8, 4) is 0 Å². The van der Waals surface area contributed by atoms with Crippen LogP contribution in [0.2, 0.25) is 0 Å². The van der Waals surface area contributed by atoms with Crippen LogP contribution in [0.5, 0.6) is 0 Å². The fourth-order valence-corrected chi connectivity index (χ4v) is 5.92. The van der Waals surface area contributed by atoms with Gasteiger partial charge in [0.25, 0.3) is 0 Å². The predicted octanol–water partition coefficient (Wildman–Crippen LogP) is 3.43. The molecule has 0 radical (unpaired) electrons. The van der Waals surface area contributed by atoms with Crippen molar-refractivity contribution in [2.24, 2.45) is 11.8 Å². The molecular weight excluding hydrogens is 410 g/mol. The van der Waals surface area contributed by atoms with Crippen molar-refractivity contribution in [1.82, 2.24) is 21.3 Å². The molecule has 2 saturated heterocycles. The lowest BCUT2D eigenvalue weighted by molar-refractivity contribution is 0.105.